The minimum Gasteiger partial charge on any atom is -0.497 e. The second-order valence-corrected chi connectivity index (χ2v) is 6.03. The zero-order valence-corrected chi connectivity index (χ0v) is 13.1. The maximum atomic E-state index is 5.19. The summed E-state index contributed by atoms with van der Waals surface area (Å²) >= 11 is 0. The summed E-state index contributed by atoms with van der Waals surface area (Å²) in [6, 6.07) is 9.44. The number of benzene rings is 1. The Hall–Kier alpha value is -1.06. The van der Waals surface area contributed by atoms with Gasteiger partial charge in [0.05, 0.1) is 7.11 Å². The van der Waals surface area contributed by atoms with Crippen molar-refractivity contribution in [3.05, 3.63) is 29.8 Å². The molecule has 0 saturated carbocycles. The molecule has 2 unspecified atom stereocenters. The van der Waals surface area contributed by atoms with Gasteiger partial charge in [-0.2, -0.15) is 0 Å². The van der Waals surface area contributed by atoms with Crippen molar-refractivity contribution in [1.82, 2.24) is 10.2 Å². The van der Waals surface area contributed by atoms with Crippen LogP contribution in [0.25, 0.3) is 0 Å². The van der Waals surface area contributed by atoms with E-state index in [0.29, 0.717) is 12.1 Å². The number of rotatable bonds is 7. The summed E-state index contributed by atoms with van der Waals surface area (Å²) in [6.45, 7) is 8.29. The van der Waals surface area contributed by atoms with E-state index in [-0.39, 0.29) is 0 Å². The van der Waals surface area contributed by atoms with Crippen LogP contribution in [0.4, 0.5) is 0 Å². The molecule has 112 valence electrons. The van der Waals surface area contributed by atoms with E-state index in [1.54, 1.807) is 7.11 Å². The molecule has 0 aromatic heterocycles. The van der Waals surface area contributed by atoms with E-state index >= 15 is 0 Å². The highest BCUT2D eigenvalue weighted by Crippen LogP contribution is 2.13. The van der Waals surface area contributed by atoms with E-state index in [9.17, 15) is 0 Å². The van der Waals surface area contributed by atoms with Crippen molar-refractivity contribution in [2.75, 3.05) is 26.7 Å². The largest absolute Gasteiger partial charge is 0.497 e. The van der Waals surface area contributed by atoms with Gasteiger partial charge in [-0.15, -0.1) is 0 Å². The lowest BCUT2D eigenvalue weighted by Gasteiger charge is -2.24. The molecule has 1 aromatic rings. The average Bonchev–Trinajstić information content (AvgIpc) is 2.92. The Labute approximate surface area is 123 Å². The summed E-state index contributed by atoms with van der Waals surface area (Å²) in [5.74, 6) is 0.928. The van der Waals surface area contributed by atoms with Crippen LogP contribution in [0, 0.1) is 0 Å². The van der Waals surface area contributed by atoms with Crippen molar-refractivity contribution in [2.45, 2.75) is 45.2 Å². The van der Waals surface area contributed by atoms with Crippen molar-refractivity contribution in [1.29, 1.82) is 0 Å². The smallest absolute Gasteiger partial charge is 0.118 e. The van der Waals surface area contributed by atoms with Crippen LogP contribution in [0.2, 0.25) is 0 Å². The van der Waals surface area contributed by atoms with Crippen LogP contribution in [-0.2, 0) is 6.42 Å². The zero-order chi connectivity index (χ0) is 14.4. The third kappa shape index (κ3) is 4.80. The van der Waals surface area contributed by atoms with Gasteiger partial charge in [0.2, 0.25) is 0 Å². The van der Waals surface area contributed by atoms with E-state index < -0.39 is 0 Å². The Morgan fingerprint density at radius 1 is 1.10 bits per heavy atom. The van der Waals surface area contributed by atoms with E-state index in [1.807, 2.05) is 12.1 Å². The first kappa shape index (κ1) is 15.3. The Morgan fingerprint density at radius 2 is 1.75 bits per heavy atom. The summed E-state index contributed by atoms with van der Waals surface area (Å²) in [5.41, 5.74) is 1.36. The maximum absolute atomic E-state index is 5.19. The molecule has 1 N–H and O–H groups in total. The van der Waals surface area contributed by atoms with Gasteiger partial charge in [0.1, 0.15) is 5.75 Å². The molecule has 2 rings (SSSR count). The summed E-state index contributed by atoms with van der Waals surface area (Å²) in [5, 5.41) is 3.71. The number of methoxy groups -OCH3 is 1. The van der Waals surface area contributed by atoms with Gasteiger partial charge < -0.3 is 15.0 Å². The Morgan fingerprint density at radius 3 is 2.35 bits per heavy atom. The van der Waals surface area contributed by atoms with Crippen molar-refractivity contribution in [3.63, 3.8) is 0 Å². The standard InChI is InChI=1S/C17H28N2O/c1-14(12-16-6-8-17(20-3)9-7-16)18-15(2)13-19-10-4-5-11-19/h6-9,14-15,18H,4-5,10-13H2,1-3H3. The molecule has 0 radical (unpaired) electrons. The second-order valence-electron chi connectivity index (χ2n) is 6.03. The lowest BCUT2D eigenvalue weighted by atomic mass is 10.1. The molecule has 0 amide bonds. The lowest BCUT2D eigenvalue weighted by Crippen LogP contribution is -2.42. The number of likely N-dealkylation sites (tertiary alicyclic amines) is 1. The quantitative estimate of drug-likeness (QED) is 0.828. The number of ether oxygens (including phenoxy) is 1. The highest BCUT2D eigenvalue weighted by atomic mass is 16.5. The van der Waals surface area contributed by atoms with Gasteiger partial charge in [-0.25, -0.2) is 0 Å². The topological polar surface area (TPSA) is 24.5 Å². The van der Waals surface area contributed by atoms with Gasteiger partial charge in [-0.05, 0) is 63.9 Å². The van der Waals surface area contributed by atoms with Gasteiger partial charge in [-0.1, -0.05) is 12.1 Å². The van der Waals surface area contributed by atoms with Crippen LogP contribution in [0.5, 0.6) is 5.75 Å². The van der Waals surface area contributed by atoms with Crippen molar-refractivity contribution in [3.8, 4) is 5.75 Å². The molecule has 1 fully saturated rings. The van der Waals surface area contributed by atoms with Crippen LogP contribution in [-0.4, -0.2) is 43.7 Å². The molecule has 3 heteroatoms. The fraction of sp³-hybridized carbons (Fsp3) is 0.647. The molecule has 1 aliphatic rings. The van der Waals surface area contributed by atoms with Crippen LogP contribution in [0.1, 0.15) is 32.3 Å². The summed E-state index contributed by atoms with van der Waals surface area (Å²) in [6.07, 6.45) is 3.80. The first-order valence-corrected chi connectivity index (χ1v) is 7.78. The number of nitrogens with one attached hydrogen (secondary N) is 1. The molecule has 20 heavy (non-hydrogen) atoms. The van der Waals surface area contributed by atoms with Gasteiger partial charge in [-0.3, -0.25) is 0 Å². The van der Waals surface area contributed by atoms with Crippen LogP contribution in [0.15, 0.2) is 24.3 Å². The normalized spacial score (nSPS) is 18.9. The fourth-order valence-corrected chi connectivity index (χ4v) is 3.07. The first-order chi connectivity index (χ1) is 9.67. The van der Waals surface area contributed by atoms with Crippen LogP contribution >= 0.6 is 0 Å². The molecule has 0 bridgehead atoms. The zero-order valence-electron chi connectivity index (χ0n) is 13.1. The van der Waals surface area contributed by atoms with Crippen molar-refractivity contribution >= 4 is 0 Å². The van der Waals surface area contributed by atoms with Crippen molar-refractivity contribution in [2.24, 2.45) is 0 Å². The minimum absolute atomic E-state index is 0.501. The first-order valence-electron chi connectivity index (χ1n) is 7.78. The predicted molar refractivity (Wildman–Crippen MR) is 84.4 cm³/mol. The average molecular weight is 276 g/mol. The van der Waals surface area contributed by atoms with E-state index in [0.717, 1.165) is 12.2 Å². The highest BCUT2D eigenvalue weighted by Gasteiger charge is 2.15. The number of hydrogen-bond donors (Lipinski definition) is 1. The predicted octanol–water partition coefficient (Wildman–Crippen LogP) is 2.70. The van der Waals surface area contributed by atoms with Crippen LogP contribution < -0.4 is 10.1 Å². The third-order valence-corrected chi connectivity index (χ3v) is 4.00. The van der Waals surface area contributed by atoms with Gasteiger partial charge in [0.25, 0.3) is 0 Å². The lowest BCUT2D eigenvalue weighted by molar-refractivity contribution is 0.288. The molecule has 1 heterocycles. The molecule has 3 nitrogen and oxygen atoms in total. The molecular formula is C17H28N2O. The van der Waals surface area contributed by atoms with E-state index in [1.165, 1.54) is 38.0 Å². The van der Waals surface area contributed by atoms with Gasteiger partial charge in [0, 0.05) is 18.6 Å². The van der Waals surface area contributed by atoms with Crippen LogP contribution in [0.3, 0.4) is 0 Å². The molecule has 2 atom stereocenters. The molecular weight excluding hydrogens is 248 g/mol. The monoisotopic (exact) mass is 276 g/mol. The minimum atomic E-state index is 0.501. The van der Waals surface area contributed by atoms with Crippen molar-refractivity contribution < 1.29 is 4.74 Å². The molecule has 1 saturated heterocycles. The SMILES string of the molecule is COc1ccc(CC(C)NC(C)CN2CCCC2)cc1. The van der Waals surface area contributed by atoms with E-state index in [2.05, 4.69) is 36.2 Å². The fourth-order valence-electron chi connectivity index (χ4n) is 3.07. The third-order valence-electron chi connectivity index (χ3n) is 4.00. The number of hydrogen-bond acceptors (Lipinski definition) is 3. The number of nitrogens with zero attached hydrogens (tertiary/aromatic N) is 1. The molecule has 0 spiro atoms. The summed E-state index contributed by atoms with van der Waals surface area (Å²) in [7, 11) is 1.71. The molecule has 0 aliphatic carbocycles. The highest BCUT2D eigenvalue weighted by molar-refractivity contribution is 5.27. The molecule has 1 aliphatic heterocycles. The Kier molecular flexibility index (Phi) is 5.86. The second kappa shape index (κ2) is 7.65. The van der Waals surface area contributed by atoms with E-state index in [4.69, 9.17) is 4.74 Å². The van der Waals surface area contributed by atoms with Gasteiger partial charge >= 0.3 is 0 Å². The van der Waals surface area contributed by atoms with Gasteiger partial charge in [0.15, 0.2) is 0 Å². The Bertz CT molecular complexity index is 384. The summed E-state index contributed by atoms with van der Waals surface area (Å²) < 4.78 is 5.19. The maximum Gasteiger partial charge on any atom is 0.118 e. The molecule has 1 aromatic carbocycles. The summed E-state index contributed by atoms with van der Waals surface area (Å²) in [4.78, 5) is 2.57. The Balaban J connectivity index is 1.74.